The average Bonchev–Trinajstić information content (AvgIpc) is 2.40. The molecule has 0 unspecified atom stereocenters. The molecule has 1 N–H and O–H groups in total. The average molecular weight is 375 g/mol. The third-order valence-corrected chi connectivity index (χ3v) is 3.77. The van der Waals surface area contributed by atoms with Gasteiger partial charge in [-0.15, -0.1) is 0 Å². The van der Waals surface area contributed by atoms with E-state index < -0.39 is 0 Å². The van der Waals surface area contributed by atoms with E-state index in [2.05, 4.69) is 21.2 Å². The quantitative estimate of drug-likeness (QED) is 0.819. The Morgan fingerprint density at radius 1 is 1.25 bits per heavy atom. The third kappa shape index (κ3) is 3.26. The molecule has 0 fully saturated rings. The lowest BCUT2D eigenvalue weighted by atomic mass is 10.1. The van der Waals surface area contributed by atoms with Gasteiger partial charge in [-0.25, -0.2) is 0 Å². The van der Waals surface area contributed by atoms with Gasteiger partial charge >= 0.3 is 0 Å². The lowest BCUT2D eigenvalue weighted by Gasteiger charge is -2.12. The van der Waals surface area contributed by atoms with E-state index in [-0.39, 0.29) is 16.5 Å². The number of benzene rings is 2. The van der Waals surface area contributed by atoms with Crippen LogP contribution < -0.4 is 10.1 Å². The second kappa shape index (κ2) is 6.48. The van der Waals surface area contributed by atoms with Gasteiger partial charge in [0.05, 0.1) is 23.4 Å². The number of carbonyl (C=O) groups is 1. The van der Waals surface area contributed by atoms with Crippen LogP contribution in [0.5, 0.6) is 5.75 Å². The summed E-state index contributed by atoms with van der Waals surface area (Å²) in [5.41, 5.74) is 0.927. The zero-order valence-electron chi connectivity index (χ0n) is 10.4. The molecular formula is C14H10BrCl2NO2. The molecule has 3 nitrogen and oxygen atoms in total. The van der Waals surface area contributed by atoms with Crippen molar-refractivity contribution < 1.29 is 9.53 Å². The van der Waals surface area contributed by atoms with Crippen LogP contribution in [0, 0.1) is 0 Å². The van der Waals surface area contributed by atoms with Crippen molar-refractivity contribution in [3.8, 4) is 5.75 Å². The SMILES string of the molecule is COc1c(Cl)cc(Cl)cc1C(=O)Nc1ccccc1Br. The Morgan fingerprint density at radius 2 is 1.95 bits per heavy atom. The lowest BCUT2D eigenvalue weighted by Crippen LogP contribution is -2.13. The minimum Gasteiger partial charge on any atom is -0.494 e. The van der Waals surface area contributed by atoms with Crippen LogP contribution in [-0.4, -0.2) is 13.0 Å². The highest BCUT2D eigenvalue weighted by Gasteiger charge is 2.17. The van der Waals surface area contributed by atoms with Crippen LogP contribution in [-0.2, 0) is 0 Å². The first-order valence-electron chi connectivity index (χ1n) is 5.62. The minimum absolute atomic E-state index is 0.278. The number of carbonyl (C=O) groups excluding carboxylic acids is 1. The molecule has 0 heterocycles. The molecule has 104 valence electrons. The molecule has 0 aromatic heterocycles. The van der Waals surface area contributed by atoms with Crippen LogP contribution in [0.4, 0.5) is 5.69 Å². The van der Waals surface area contributed by atoms with Crippen molar-refractivity contribution >= 4 is 50.7 Å². The van der Waals surface area contributed by atoms with E-state index in [0.29, 0.717) is 16.5 Å². The van der Waals surface area contributed by atoms with Gasteiger partial charge in [0.2, 0.25) is 0 Å². The van der Waals surface area contributed by atoms with Crippen molar-refractivity contribution in [3.63, 3.8) is 0 Å². The Kier molecular flexibility index (Phi) is 4.91. The standard InChI is InChI=1S/C14H10BrCl2NO2/c1-20-13-9(6-8(16)7-11(13)17)14(19)18-12-5-3-2-4-10(12)15/h2-7H,1H3,(H,18,19). The molecule has 0 atom stereocenters. The van der Waals surface area contributed by atoms with Gasteiger partial charge in [-0.05, 0) is 40.2 Å². The van der Waals surface area contributed by atoms with Gasteiger partial charge in [-0.3, -0.25) is 4.79 Å². The largest absolute Gasteiger partial charge is 0.494 e. The topological polar surface area (TPSA) is 38.3 Å². The van der Waals surface area contributed by atoms with Crippen LogP contribution in [0.1, 0.15) is 10.4 Å². The Balaban J connectivity index is 2.37. The van der Waals surface area contributed by atoms with E-state index in [1.165, 1.54) is 19.2 Å². The fourth-order valence-corrected chi connectivity index (χ4v) is 2.64. The van der Waals surface area contributed by atoms with Crippen molar-refractivity contribution in [3.05, 3.63) is 56.5 Å². The normalized spacial score (nSPS) is 10.2. The van der Waals surface area contributed by atoms with Gasteiger partial charge in [0.1, 0.15) is 5.75 Å². The molecule has 6 heteroatoms. The summed E-state index contributed by atoms with van der Waals surface area (Å²) in [6.07, 6.45) is 0. The van der Waals surface area contributed by atoms with E-state index >= 15 is 0 Å². The maximum Gasteiger partial charge on any atom is 0.259 e. The molecule has 0 aliphatic heterocycles. The number of anilines is 1. The van der Waals surface area contributed by atoms with Crippen molar-refractivity contribution in [1.29, 1.82) is 0 Å². The van der Waals surface area contributed by atoms with Crippen molar-refractivity contribution in [2.24, 2.45) is 0 Å². The molecule has 0 aliphatic carbocycles. The lowest BCUT2D eigenvalue weighted by molar-refractivity contribution is 0.102. The number of methoxy groups -OCH3 is 1. The predicted octanol–water partition coefficient (Wildman–Crippen LogP) is 5.02. The maximum atomic E-state index is 12.3. The van der Waals surface area contributed by atoms with Crippen LogP contribution in [0.2, 0.25) is 10.0 Å². The summed E-state index contributed by atoms with van der Waals surface area (Å²) in [6.45, 7) is 0. The summed E-state index contributed by atoms with van der Waals surface area (Å²) in [6, 6.07) is 10.3. The van der Waals surface area contributed by atoms with Gasteiger partial charge in [-0.2, -0.15) is 0 Å². The van der Waals surface area contributed by atoms with Crippen molar-refractivity contribution in [1.82, 2.24) is 0 Å². The minimum atomic E-state index is -0.349. The molecule has 2 aromatic carbocycles. The van der Waals surface area contributed by atoms with Gasteiger partial charge in [0, 0.05) is 9.50 Å². The third-order valence-electron chi connectivity index (χ3n) is 2.58. The van der Waals surface area contributed by atoms with Crippen LogP contribution in [0.3, 0.4) is 0 Å². The number of para-hydroxylation sites is 1. The molecule has 2 rings (SSSR count). The van der Waals surface area contributed by atoms with E-state index in [0.717, 1.165) is 4.47 Å². The number of rotatable bonds is 3. The fraction of sp³-hybridized carbons (Fsp3) is 0.0714. The smallest absolute Gasteiger partial charge is 0.259 e. The Morgan fingerprint density at radius 3 is 2.60 bits per heavy atom. The highest BCUT2D eigenvalue weighted by Crippen LogP contribution is 2.33. The van der Waals surface area contributed by atoms with Gasteiger partial charge in [0.15, 0.2) is 0 Å². The summed E-state index contributed by atoms with van der Waals surface area (Å²) >= 11 is 15.3. The number of ether oxygens (including phenoxy) is 1. The number of hydrogen-bond acceptors (Lipinski definition) is 2. The number of hydrogen-bond donors (Lipinski definition) is 1. The van der Waals surface area contributed by atoms with Crippen LogP contribution in [0.15, 0.2) is 40.9 Å². The zero-order valence-corrected chi connectivity index (χ0v) is 13.5. The Bertz CT molecular complexity index is 662. The first kappa shape index (κ1) is 15.2. The van der Waals surface area contributed by atoms with E-state index in [4.69, 9.17) is 27.9 Å². The van der Waals surface area contributed by atoms with Crippen LogP contribution in [0.25, 0.3) is 0 Å². The molecule has 20 heavy (non-hydrogen) atoms. The van der Waals surface area contributed by atoms with Crippen molar-refractivity contribution in [2.75, 3.05) is 12.4 Å². The first-order valence-corrected chi connectivity index (χ1v) is 7.16. The Labute approximate surface area is 135 Å². The molecule has 0 aliphatic rings. The summed E-state index contributed by atoms with van der Waals surface area (Å²) < 4.78 is 5.94. The van der Waals surface area contributed by atoms with Gasteiger partial charge in [-0.1, -0.05) is 35.3 Å². The monoisotopic (exact) mass is 373 g/mol. The van der Waals surface area contributed by atoms with Gasteiger partial charge in [0.25, 0.3) is 5.91 Å². The van der Waals surface area contributed by atoms with E-state index in [9.17, 15) is 4.79 Å². The molecule has 0 saturated heterocycles. The summed E-state index contributed by atoms with van der Waals surface area (Å²) in [4.78, 5) is 12.3. The number of halogens is 3. The summed E-state index contributed by atoms with van der Waals surface area (Å²) in [5, 5.41) is 3.43. The zero-order chi connectivity index (χ0) is 14.7. The van der Waals surface area contributed by atoms with E-state index in [1.54, 1.807) is 6.07 Å². The molecule has 0 saturated carbocycles. The molecule has 0 spiro atoms. The second-order valence-corrected chi connectivity index (χ2v) is 5.60. The molecular weight excluding hydrogens is 365 g/mol. The Hall–Kier alpha value is -1.23. The highest BCUT2D eigenvalue weighted by molar-refractivity contribution is 9.10. The summed E-state index contributed by atoms with van der Waals surface area (Å²) in [5.74, 6) is -0.0567. The van der Waals surface area contributed by atoms with Gasteiger partial charge < -0.3 is 10.1 Å². The molecule has 1 amide bonds. The van der Waals surface area contributed by atoms with Crippen LogP contribution >= 0.6 is 39.1 Å². The maximum absolute atomic E-state index is 12.3. The molecule has 0 radical (unpaired) electrons. The summed E-state index contributed by atoms with van der Waals surface area (Å²) in [7, 11) is 1.45. The number of amides is 1. The molecule has 0 bridgehead atoms. The predicted molar refractivity (Wildman–Crippen MR) is 85.1 cm³/mol. The molecule has 2 aromatic rings. The first-order chi connectivity index (χ1) is 9.52. The van der Waals surface area contributed by atoms with E-state index in [1.807, 2.05) is 18.2 Å². The fourth-order valence-electron chi connectivity index (χ4n) is 1.69. The van der Waals surface area contributed by atoms with Crippen molar-refractivity contribution in [2.45, 2.75) is 0 Å². The number of nitrogens with one attached hydrogen (secondary N) is 1. The highest BCUT2D eigenvalue weighted by atomic mass is 79.9. The second-order valence-electron chi connectivity index (χ2n) is 3.90.